The highest BCUT2D eigenvalue weighted by Gasteiger charge is 2.30. The second-order valence-electron chi connectivity index (χ2n) is 7.30. The van der Waals surface area contributed by atoms with E-state index >= 15 is 0 Å². The zero-order chi connectivity index (χ0) is 19.8. The fourth-order valence-corrected chi connectivity index (χ4v) is 5.54. The Morgan fingerprint density at radius 2 is 2.17 bits per heavy atom. The molecular formula is C21H22N6S2. The zero-order valence-corrected chi connectivity index (χ0v) is 17.8. The molecule has 1 aromatic carbocycles. The lowest BCUT2D eigenvalue weighted by molar-refractivity contribution is 0.654. The summed E-state index contributed by atoms with van der Waals surface area (Å²) in [5, 5.41) is 16.8. The third-order valence-electron chi connectivity index (χ3n) is 5.40. The van der Waals surface area contributed by atoms with Crippen molar-refractivity contribution < 1.29 is 0 Å². The summed E-state index contributed by atoms with van der Waals surface area (Å²) in [7, 11) is 0. The Morgan fingerprint density at radius 3 is 3.03 bits per heavy atom. The quantitative estimate of drug-likeness (QED) is 0.633. The Morgan fingerprint density at radius 1 is 1.31 bits per heavy atom. The normalized spacial score (nSPS) is 17.2. The number of thiophene rings is 1. The highest BCUT2D eigenvalue weighted by Crippen LogP contribution is 2.37. The number of aryl methyl sites for hydroxylation is 1. The molecule has 0 spiro atoms. The number of thiocarbonyl (C=S) groups is 1. The molecule has 0 radical (unpaired) electrons. The number of benzene rings is 1. The van der Waals surface area contributed by atoms with Gasteiger partial charge >= 0.3 is 0 Å². The summed E-state index contributed by atoms with van der Waals surface area (Å²) >= 11 is 7.54. The number of fused-ring (bicyclic) bond motifs is 5. The molecule has 0 saturated heterocycles. The predicted octanol–water partition coefficient (Wildman–Crippen LogP) is 2.92. The molecule has 2 aliphatic heterocycles. The molecule has 0 bridgehead atoms. The summed E-state index contributed by atoms with van der Waals surface area (Å²) < 4.78 is 2.14. The maximum absolute atomic E-state index is 5.73. The van der Waals surface area contributed by atoms with Crippen molar-refractivity contribution in [1.82, 2.24) is 25.4 Å². The van der Waals surface area contributed by atoms with Gasteiger partial charge in [0.05, 0.1) is 0 Å². The standard InChI is InChI=1S/C21H22N6S2/c1-13-25-26-19-18(20(28)23-10-7-14-5-3-2-4-6-14)24-11-16-15-8-9-22-12-17(15)29-21(16)27(13)19/h2-6,11,18,22H,7-10,12H2,1H3,(H,23,28). The van der Waals surface area contributed by atoms with E-state index in [4.69, 9.17) is 17.2 Å². The number of aliphatic imine (C=N–C) groups is 1. The zero-order valence-electron chi connectivity index (χ0n) is 16.2. The first kappa shape index (κ1) is 18.6. The fourth-order valence-electron chi connectivity index (χ4n) is 3.92. The lowest BCUT2D eigenvalue weighted by atomic mass is 10.0. The molecule has 1 atom stereocenters. The highest BCUT2D eigenvalue weighted by atomic mass is 32.1. The Bertz CT molecular complexity index is 1080. The van der Waals surface area contributed by atoms with Gasteiger partial charge in [0.2, 0.25) is 0 Å². The van der Waals surface area contributed by atoms with E-state index < -0.39 is 0 Å². The van der Waals surface area contributed by atoms with Crippen molar-refractivity contribution in [1.29, 1.82) is 0 Å². The minimum atomic E-state index is -0.320. The molecular weight excluding hydrogens is 400 g/mol. The molecule has 0 amide bonds. The largest absolute Gasteiger partial charge is 0.377 e. The first-order chi connectivity index (χ1) is 14.2. The number of nitrogens with zero attached hydrogens (tertiary/aromatic N) is 4. The number of hydrogen-bond acceptors (Lipinski definition) is 6. The van der Waals surface area contributed by atoms with E-state index in [0.29, 0.717) is 4.99 Å². The molecule has 29 heavy (non-hydrogen) atoms. The van der Waals surface area contributed by atoms with Gasteiger partial charge in [0.25, 0.3) is 0 Å². The number of rotatable bonds is 4. The van der Waals surface area contributed by atoms with Crippen LogP contribution in [0.15, 0.2) is 35.3 Å². The molecule has 0 fully saturated rings. The van der Waals surface area contributed by atoms with Crippen molar-refractivity contribution in [2.24, 2.45) is 4.99 Å². The van der Waals surface area contributed by atoms with Crippen molar-refractivity contribution in [3.63, 3.8) is 0 Å². The average molecular weight is 423 g/mol. The summed E-state index contributed by atoms with van der Waals surface area (Å²) in [5.74, 6) is 1.66. The second-order valence-corrected chi connectivity index (χ2v) is 8.82. The minimum absolute atomic E-state index is 0.320. The Labute approximate surface area is 179 Å². The molecule has 5 rings (SSSR count). The van der Waals surface area contributed by atoms with Crippen molar-refractivity contribution in [3.05, 3.63) is 63.5 Å². The second kappa shape index (κ2) is 7.78. The third-order valence-corrected chi connectivity index (χ3v) is 7.00. The van der Waals surface area contributed by atoms with Crippen LogP contribution in [0, 0.1) is 6.92 Å². The number of hydrogen-bond donors (Lipinski definition) is 2. The summed E-state index contributed by atoms with van der Waals surface area (Å²) in [6.07, 6.45) is 3.94. The van der Waals surface area contributed by atoms with Crippen LogP contribution >= 0.6 is 23.6 Å². The summed E-state index contributed by atoms with van der Waals surface area (Å²) in [6.45, 7) is 4.68. The summed E-state index contributed by atoms with van der Waals surface area (Å²) in [4.78, 5) is 6.93. The van der Waals surface area contributed by atoms with Gasteiger partial charge in [-0.2, -0.15) is 0 Å². The van der Waals surface area contributed by atoms with E-state index in [0.717, 1.165) is 49.1 Å². The van der Waals surface area contributed by atoms with Gasteiger partial charge in [-0.25, -0.2) is 0 Å². The van der Waals surface area contributed by atoms with Crippen LogP contribution in [0.3, 0.4) is 0 Å². The van der Waals surface area contributed by atoms with Crippen LogP contribution in [-0.4, -0.2) is 39.1 Å². The molecule has 2 aliphatic rings. The van der Waals surface area contributed by atoms with Gasteiger partial charge in [-0.05, 0) is 37.4 Å². The van der Waals surface area contributed by atoms with Gasteiger partial charge in [0.1, 0.15) is 15.8 Å². The maximum Gasteiger partial charge on any atom is 0.170 e. The third kappa shape index (κ3) is 3.41. The van der Waals surface area contributed by atoms with Crippen LogP contribution in [-0.2, 0) is 19.4 Å². The first-order valence-corrected chi connectivity index (χ1v) is 11.1. The minimum Gasteiger partial charge on any atom is -0.377 e. The van der Waals surface area contributed by atoms with Crippen LogP contribution in [0.4, 0.5) is 0 Å². The Kier molecular flexibility index (Phi) is 4.99. The summed E-state index contributed by atoms with van der Waals surface area (Å²) in [6, 6.07) is 10.1. The van der Waals surface area contributed by atoms with Gasteiger partial charge in [-0.15, -0.1) is 21.5 Å². The van der Waals surface area contributed by atoms with Crippen molar-refractivity contribution in [2.75, 3.05) is 13.1 Å². The van der Waals surface area contributed by atoms with Crippen molar-refractivity contribution in [3.8, 4) is 5.00 Å². The first-order valence-electron chi connectivity index (χ1n) is 9.84. The van der Waals surface area contributed by atoms with Gasteiger partial charge in [-0.3, -0.25) is 9.56 Å². The lowest BCUT2D eigenvalue weighted by Gasteiger charge is -2.15. The van der Waals surface area contributed by atoms with E-state index in [1.165, 1.54) is 21.6 Å². The molecule has 0 aliphatic carbocycles. The SMILES string of the molecule is Cc1nnc2n1-c1sc3c(c1C=NC2C(=S)NCCc1ccccc1)CCNC3. The molecule has 4 heterocycles. The van der Waals surface area contributed by atoms with E-state index in [-0.39, 0.29) is 6.04 Å². The molecule has 0 saturated carbocycles. The van der Waals surface area contributed by atoms with E-state index in [1.54, 1.807) is 0 Å². The van der Waals surface area contributed by atoms with Crippen molar-refractivity contribution >= 4 is 34.8 Å². The monoisotopic (exact) mass is 422 g/mol. The fraction of sp³-hybridized carbons (Fsp3) is 0.333. The van der Waals surface area contributed by atoms with Gasteiger partial charge in [0.15, 0.2) is 11.9 Å². The van der Waals surface area contributed by atoms with E-state index in [2.05, 4.69) is 49.7 Å². The smallest absolute Gasteiger partial charge is 0.170 e. The Hall–Kier alpha value is -2.42. The molecule has 2 N–H and O–H groups in total. The molecule has 148 valence electrons. The Balaban J connectivity index is 1.42. The van der Waals surface area contributed by atoms with E-state index in [9.17, 15) is 0 Å². The number of nitrogens with one attached hydrogen (secondary N) is 2. The lowest BCUT2D eigenvalue weighted by Crippen LogP contribution is -2.30. The molecule has 2 aromatic heterocycles. The maximum atomic E-state index is 5.73. The summed E-state index contributed by atoms with van der Waals surface area (Å²) in [5.41, 5.74) is 3.88. The van der Waals surface area contributed by atoms with Crippen LogP contribution < -0.4 is 10.6 Å². The molecule has 1 unspecified atom stereocenters. The van der Waals surface area contributed by atoms with Gasteiger partial charge in [-0.1, -0.05) is 42.5 Å². The number of aromatic nitrogens is 3. The molecule has 3 aromatic rings. The molecule has 8 heteroatoms. The molecule has 6 nitrogen and oxygen atoms in total. The van der Waals surface area contributed by atoms with E-state index in [1.807, 2.05) is 30.5 Å². The topological polar surface area (TPSA) is 67.1 Å². The van der Waals surface area contributed by atoms with Crippen LogP contribution in [0.5, 0.6) is 0 Å². The van der Waals surface area contributed by atoms with Crippen molar-refractivity contribution in [2.45, 2.75) is 32.4 Å². The predicted molar refractivity (Wildman–Crippen MR) is 120 cm³/mol. The van der Waals surface area contributed by atoms with Crippen LogP contribution in [0.2, 0.25) is 0 Å². The van der Waals surface area contributed by atoms with Crippen LogP contribution in [0.25, 0.3) is 5.00 Å². The van der Waals surface area contributed by atoms with Gasteiger partial charge < -0.3 is 10.6 Å². The highest BCUT2D eigenvalue weighted by molar-refractivity contribution is 7.80. The van der Waals surface area contributed by atoms with Crippen LogP contribution in [0.1, 0.15) is 39.3 Å². The average Bonchev–Trinajstić information content (AvgIpc) is 3.24. The van der Waals surface area contributed by atoms with Gasteiger partial charge in [0, 0.05) is 29.7 Å².